The van der Waals surface area contributed by atoms with Gasteiger partial charge >= 0.3 is 0 Å². The van der Waals surface area contributed by atoms with E-state index in [1.165, 1.54) is 7.11 Å². The van der Waals surface area contributed by atoms with E-state index < -0.39 is 0 Å². The maximum absolute atomic E-state index is 12.7. The molecule has 1 aliphatic rings. The normalized spacial score (nSPS) is 13.3. The molecule has 21 heavy (non-hydrogen) atoms. The minimum Gasteiger partial charge on any atom is -0.495 e. The average molecular weight is 305 g/mol. The number of amides is 1. The largest absolute Gasteiger partial charge is 0.495 e. The van der Waals surface area contributed by atoms with E-state index in [2.05, 4.69) is 4.98 Å². The fraction of sp³-hybridized carbons (Fsp3) is 0.200. The highest BCUT2D eigenvalue weighted by molar-refractivity contribution is 6.32. The lowest BCUT2D eigenvalue weighted by molar-refractivity contribution is 0.0976. The number of nitrogens with zero attached hydrogens (tertiary/aromatic N) is 2. The number of benzene rings is 1. The van der Waals surface area contributed by atoms with Gasteiger partial charge in [0.1, 0.15) is 12.4 Å². The third kappa shape index (κ3) is 2.52. The second-order valence-electron chi connectivity index (χ2n) is 4.50. The quantitative estimate of drug-likeness (QED) is 0.856. The molecule has 3 rings (SSSR count). The Morgan fingerprint density at radius 1 is 1.43 bits per heavy atom. The number of fused-ring (bicyclic) bond motifs is 1. The average Bonchev–Trinajstić information content (AvgIpc) is 2.53. The van der Waals surface area contributed by atoms with Crippen molar-refractivity contribution in [3.63, 3.8) is 0 Å². The number of hydrogen-bond acceptors (Lipinski definition) is 4. The maximum atomic E-state index is 12.7. The van der Waals surface area contributed by atoms with Gasteiger partial charge < -0.3 is 14.4 Å². The van der Waals surface area contributed by atoms with Gasteiger partial charge in [-0.25, -0.2) is 0 Å². The number of ether oxygens (including phenoxy) is 2. The van der Waals surface area contributed by atoms with E-state index in [1.54, 1.807) is 41.6 Å². The molecule has 6 heteroatoms. The van der Waals surface area contributed by atoms with Gasteiger partial charge in [0.2, 0.25) is 0 Å². The van der Waals surface area contributed by atoms with Crippen LogP contribution in [0.3, 0.4) is 0 Å². The summed E-state index contributed by atoms with van der Waals surface area (Å²) in [5.41, 5.74) is 1.22. The fourth-order valence-corrected chi connectivity index (χ4v) is 2.50. The molecule has 0 N–H and O–H groups in total. The Kier molecular flexibility index (Phi) is 3.66. The molecule has 0 aliphatic carbocycles. The molecule has 0 saturated heterocycles. The van der Waals surface area contributed by atoms with Gasteiger partial charge in [0.05, 0.1) is 30.6 Å². The number of aromatic nitrogens is 1. The number of halogens is 1. The summed E-state index contributed by atoms with van der Waals surface area (Å²) in [7, 11) is 1.54. The summed E-state index contributed by atoms with van der Waals surface area (Å²) in [5.74, 6) is 1.02. The number of methoxy groups -OCH3 is 1. The first-order valence-corrected chi connectivity index (χ1v) is 6.80. The molecular formula is C15H13ClN2O3. The molecule has 2 heterocycles. The van der Waals surface area contributed by atoms with Crippen LogP contribution in [-0.4, -0.2) is 31.2 Å². The molecule has 1 aliphatic heterocycles. The first-order chi connectivity index (χ1) is 10.2. The second kappa shape index (κ2) is 5.61. The molecule has 108 valence electrons. The monoisotopic (exact) mass is 304 g/mol. The Hall–Kier alpha value is -2.27. The summed E-state index contributed by atoms with van der Waals surface area (Å²) in [4.78, 5) is 18.3. The van der Waals surface area contributed by atoms with Gasteiger partial charge in [-0.15, -0.1) is 0 Å². The number of hydrogen-bond donors (Lipinski definition) is 0. The van der Waals surface area contributed by atoms with Crippen LogP contribution in [0.25, 0.3) is 0 Å². The molecule has 0 fully saturated rings. The van der Waals surface area contributed by atoms with Gasteiger partial charge in [-0.1, -0.05) is 11.6 Å². The molecule has 0 radical (unpaired) electrons. The molecule has 5 nitrogen and oxygen atoms in total. The van der Waals surface area contributed by atoms with Crippen molar-refractivity contribution >= 4 is 23.2 Å². The van der Waals surface area contributed by atoms with Crippen LogP contribution in [0.4, 0.5) is 5.69 Å². The molecular weight excluding hydrogens is 292 g/mol. The van der Waals surface area contributed by atoms with E-state index in [4.69, 9.17) is 21.1 Å². The predicted octanol–water partition coefficient (Wildman–Crippen LogP) is 2.78. The Balaban J connectivity index is 1.95. The molecule has 1 aromatic carbocycles. The summed E-state index contributed by atoms with van der Waals surface area (Å²) in [5, 5.41) is 0.409. The van der Waals surface area contributed by atoms with E-state index in [9.17, 15) is 4.79 Å². The minimum absolute atomic E-state index is 0.129. The molecule has 1 amide bonds. The van der Waals surface area contributed by atoms with Crippen molar-refractivity contribution in [2.75, 3.05) is 25.2 Å². The molecule has 0 atom stereocenters. The Bertz CT molecular complexity index is 690. The summed E-state index contributed by atoms with van der Waals surface area (Å²) in [6.07, 6.45) is 3.24. The van der Waals surface area contributed by atoms with Crippen molar-refractivity contribution in [2.45, 2.75) is 0 Å². The zero-order valence-electron chi connectivity index (χ0n) is 11.4. The zero-order valence-corrected chi connectivity index (χ0v) is 12.1. The van der Waals surface area contributed by atoms with Crippen molar-refractivity contribution in [1.29, 1.82) is 0 Å². The van der Waals surface area contributed by atoms with Crippen LogP contribution in [0.5, 0.6) is 11.5 Å². The van der Waals surface area contributed by atoms with E-state index in [-0.39, 0.29) is 5.91 Å². The van der Waals surface area contributed by atoms with Gasteiger partial charge in [0.25, 0.3) is 5.91 Å². The first-order valence-electron chi connectivity index (χ1n) is 6.43. The second-order valence-corrected chi connectivity index (χ2v) is 4.91. The van der Waals surface area contributed by atoms with Crippen LogP contribution < -0.4 is 14.4 Å². The van der Waals surface area contributed by atoms with E-state index >= 15 is 0 Å². The maximum Gasteiger partial charge on any atom is 0.258 e. The highest BCUT2D eigenvalue weighted by Crippen LogP contribution is 2.32. The minimum atomic E-state index is -0.129. The molecule has 0 unspecified atom stereocenters. The van der Waals surface area contributed by atoms with Gasteiger partial charge in [-0.3, -0.25) is 9.78 Å². The Morgan fingerprint density at radius 2 is 2.29 bits per heavy atom. The molecule has 2 aromatic rings. The summed E-state index contributed by atoms with van der Waals surface area (Å²) in [6, 6.07) is 6.75. The standard InChI is InChI=1S/C15H13ClN2O3/c1-20-13-3-2-10(8-11(13)16)15(19)18-6-7-21-14-9-17-5-4-12(14)18/h2-5,8-9H,6-7H2,1H3. The summed E-state index contributed by atoms with van der Waals surface area (Å²) < 4.78 is 10.6. The van der Waals surface area contributed by atoms with E-state index in [0.717, 1.165) is 0 Å². The highest BCUT2D eigenvalue weighted by Gasteiger charge is 2.25. The van der Waals surface area contributed by atoms with Crippen molar-refractivity contribution in [1.82, 2.24) is 4.98 Å². The van der Waals surface area contributed by atoms with Gasteiger partial charge in [-0.05, 0) is 24.3 Å². The highest BCUT2D eigenvalue weighted by atomic mass is 35.5. The SMILES string of the molecule is COc1ccc(C(=O)N2CCOc3cnccc32)cc1Cl. The zero-order chi connectivity index (χ0) is 14.8. The lowest BCUT2D eigenvalue weighted by atomic mass is 10.1. The summed E-state index contributed by atoms with van der Waals surface area (Å²) in [6.45, 7) is 0.924. The summed E-state index contributed by atoms with van der Waals surface area (Å²) >= 11 is 6.08. The lowest BCUT2D eigenvalue weighted by Crippen LogP contribution is -2.38. The first kappa shape index (κ1) is 13.7. The van der Waals surface area contributed by atoms with Gasteiger partial charge in [0, 0.05) is 11.8 Å². The number of carbonyl (C=O) groups is 1. The molecule has 1 aromatic heterocycles. The third-order valence-corrected chi connectivity index (χ3v) is 3.57. The van der Waals surface area contributed by atoms with Crippen LogP contribution in [0.1, 0.15) is 10.4 Å². The fourth-order valence-electron chi connectivity index (χ4n) is 2.24. The van der Waals surface area contributed by atoms with Crippen molar-refractivity contribution in [2.24, 2.45) is 0 Å². The van der Waals surface area contributed by atoms with Crippen molar-refractivity contribution in [3.05, 3.63) is 47.2 Å². The number of carbonyl (C=O) groups excluding carboxylic acids is 1. The molecule has 0 bridgehead atoms. The van der Waals surface area contributed by atoms with Gasteiger partial charge in [0.15, 0.2) is 5.75 Å². The van der Waals surface area contributed by atoms with Crippen molar-refractivity contribution < 1.29 is 14.3 Å². The van der Waals surface area contributed by atoms with Crippen LogP contribution in [0.2, 0.25) is 5.02 Å². The van der Waals surface area contributed by atoms with E-state index in [0.29, 0.717) is 40.9 Å². The van der Waals surface area contributed by atoms with Crippen LogP contribution in [-0.2, 0) is 0 Å². The number of pyridine rings is 1. The van der Waals surface area contributed by atoms with Gasteiger partial charge in [-0.2, -0.15) is 0 Å². The number of anilines is 1. The topological polar surface area (TPSA) is 51.7 Å². The van der Waals surface area contributed by atoms with Crippen LogP contribution in [0, 0.1) is 0 Å². The van der Waals surface area contributed by atoms with Crippen molar-refractivity contribution in [3.8, 4) is 11.5 Å². The predicted molar refractivity (Wildman–Crippen MR) is 79.4 cm³/mol. The molecule has 0 saturated carbocycles. The number of rotatable bonds is 2. The smallest absolute Gasteiger partial charge is 0.258 e. The third-order valence-electron chi connectivity index (χ3n) is 3.27. The molecule has 0 spiro atoms. The Labute approximate surface area is 127 Å². The Morgan fingerprint density at radius 3 is 3.05 bits per heavy atom. The lowest BCUT2D eigenvalue weighted by Gasteiger charge is -2.29. The van der Waals surface area contributed by atoms with Crippen LogP contribution in [0.15, 0.2) is 36.7 Å². The van der Waals surface area contributed by atoms with E-state index in [1.807, 2.05) is 0 Å². The van der Waals surface area contributed by atoms with Crippen LogP contribution >= 0.6 is 11.6 Å².